The molecule has 7 heteroatoms. The lowest BCUT2D eigenvalue weighted by Crippen LogP contribution is -2.24. The van der Waals surface area contributed by atoms with Gasteiger partial charge in [0.25, 0.3) is 11.8 Å². The maximum Gasteiger partial charge on any atom is 0.287 e. The number of carbonyl (C=O) groups is 2. The summed E-state index contributed by atoms with van der Waals surface area (Å²) in [7, 11) is 1.57. The van der Waals surface area contributed by atoms with E-state index in [0.29, 0.717) is 30.0 Å². The van der Waals surface area contributed by atoms with Gasteiger partial charge in [-0.05, 0) is 44.0 Å². The fourth-order valence-corrected chi connectivity index (χ4v) is 3.17. The van der Waals surface area contributed by atoms with Gasteiger partial charge in [-0.15, -0.1) is 6.58 Å². The van der Waals surface area contributed by atoms with Crippen LogP contribution in [0.3, 0.4) is 0 Å². The van der Waals surface area contributed by atoms with Gasteiger partial charge >= 0.3 is 0 Å². The van der Waals surface area contributed by atoms with Crippen molar-refractivity contribution in [3.05, 3.63) is 65.1 Å². The number of aryl methyl sites for hydroxylation is 1. The van der Waals surface area contributed by atoms with E-state index in [1.165, 1.54) is 0 Å². The summed E-state index contributed by atoms with van der Waals surface area (Å²) in [4.78, 5) is 24.6. The van der Waals surface area contributed by atoms with E-state index in [4.69, 9.17) is 9.15 Å². The lowest BCUT2D eigenvalue weighted by molar-refractivity contribution is 0.0926. The van der Waals surface area contributed by atoms with E-state index in [0.717, 1.165) is 29.7 Å². The van der Waals surface area contributed by atoms with Gasteiger partial charge in [0.1, 0.15) is 11.5 Å². The van der Waals surface area contributed by atoms with Crippen LogP contribution < -0.4 is 15.5 Å². The number of furan rings is 1. The fourth-order valence-electron chi connectivity index (χ4n) is 3.17. The SMILES string of the molecule is C=CCNC(=O)c1oc2c(c1C)/C(=N/NC(=O)c1ccc(OC)cc1)CCC2. The average molecular weight is 381 g/mol. The number of rotatable bonds is 6. The third kappa shape index (κ3) is 3.98. The minimum atomic E-state index is -0.313. The molecule has 0 aliphatic heterocycles. The van der Waals surface area contributed by atoms with Crippen molar-refractivity contribution >= 4 is 17.5 Å². The summed E-state index contributed by atoms with van der Waals surface area (Å²) in [6, 6.07) is 6.78. The highest BCUT2D eigenvalue weighted by atomic mass is 16.5. The minimum absolute atomic E-state index is 0.280. The van der Waals surface area contributed by atoms with Crippen LogP contribution in [0.2, 0.25) is 0 Å². The summed E-state index contributed by atoms with van der Waals surface area (Å²) in [5.74, 6) is 1.09. The second-order valence-electron chi connectivity index (χ2n) is 6.43. The third-order valence-electron chi connectivity index (χ3n) is 4.58. The molecule has 1 aliphatic rings. The van der Waals surface area contributed by atoms with E-state index >= 15 is 0 Å². The number of hydrogen-bond acceptors (Lipinski definition) is 5. The van der Waals surface area contributed by atoms with Gasteiger partial charge < -0.3 is 14.5 Å². The van der Waals surface area contributed by atoms with Gasteiger partial charge in [0, 0.05) is 29.7 Å². The molecule has 0 atom stereocenters. The standard InChI is InChI=1S/C21H23N3O4/c1-4-12-22-21(26)19-13(2)18-16(6-5-7-17(18)28-19)23-24-20(25)14-8-10-15(27-3)11-9-14/h4,8-11H,1,5-7,12H2,2-3H3,(H,22,26)(H,24,25)/b23-16+. The first kappa shape index (κ1) is 19.4. The van der Waals surface area contributed by atoms with Crippen LogP contribution in [0.25, 0.3) is 0 Å². The van der Waals surface area contributed by atoms with Crippen LogP contribution in [0.4, 0.5) is 0 Å². The molecule has 3 rings (SSSR count). The van der Waals surface area contributed by atoms with Crippen molar-refractivity contribution < 1.29 is 18.7 Å². The second-order valence-corrected chi connectivity index (χ2v) is 6.43. The Kier molecular flexibility index (Phi) is 5.93. The molecule has 0 saturated heterocycles. The van der Waals surface area contributed by atoms with E-state index in [1.54, 1.807) is 37.5 Å². The number of nitrogens with one attached hydrogen (secondary N) is 2. The number of hydrogen-bond donors (Lipinski definition) is 2. The summed E-state index contributed by atoms with van der Waals surface area (Å²) in [5, 5.41) is 7.04. The van der Waals surface area contributed by atoms with Gasteiger partial charge in [0.2, 0.25) is 0 Å². The summed E-state index contributed by atoms with van der Waals surface area (Å²) in [6.07, 6.45) is 3.88. The van der Waals surface area contributed by atoms with Crippen molar-refractivity contribution in [1.29, 1.82) is 0 Å². The Bertz CT molecular complexity index is 926. The zero-order valence-corrected chi connectivity index (χ0v) is 16.0. The molecule has 2 amide bonds. The average Bonchev–Trinajstić information content (AvgIpc) is 3.07. The Morgan fingerprint density at radius 1 is 1.25 bits per heavy atom. The topological polar surface area (TPSA) is 92.9 Å². The molecule has 0 radical (unpaired) electrons. The Labute approximate surface area is 163 Å². The number of nitrogens with zero attached hydrogens (tertiary/aromatic N) is 1. The number of benzene rings is 1. The molecule has 0 spiro atoms. The quantitative estimate of drug-likeness (QED) is 0.594. The number of hydrazone groups is 1. The zero-order chi connectivity index (χ0) is 20.1. The van der Waals surface area contributed by atoms with Gasteiger partial charge in [-0.3, -0.25) is 9.59 Å². The molecule has 1 heterocycles. The summed E-state index contributed by atoms with van der Waals surface area (Å²) in [6.45, 7) is 5.78. The Morgan fingerprint density at radius 2 is 2.00 bits per heavy atom. The number of amides is 2. The Morgan fingerprint density at radius 3 is 2.68 bits per heavy atom. The van der Waals surface area contributed by atoms with E-state index in [-0.39, 0.29) is 17.6 Å². The third-order valence-corrected chi connectivity index (χ3v) is 4.58. The van der Waals surface area contributed by atoms with Crippen molar-refractivity contribution in [3.63, 3.8) is 0 Å². The van der Waals surface area contributed by atoms with E-state index in [9.17, 15) is 9.59 Å². The lowest BCUT2D eigenvalue weighted by Gasteiger charge is -2.13. The molecule has 7 nitrogen and oxygen atoms in total. The first-order valence-electron chi connectivity index (χ1n) is 9.07. The molecule has 1 aliphatic carbocycles. The Hall–Kier alpha value is -3.35. The maximum absolute atomic E-state index is 12.4. The highest BCUT2D eigenvalue weighted by Crippen LogP contribution is 2.29. The zero-order valence-electron chi connectivity index (χ0n) is 16.0. The monoisotopic (exact) mass is 381 g/mol. The van der Waals surface area contributed by atoms with Crippen LogP contribution in [0, 0.1) is 6.92 Å². The molecule has 28 heavy (non-hydrogen) atoms. The van der Waals surface area contributed by atoms with E-state index < -0.39 is 0 Å². The molecule has 0 unspecified atom stereocenters. The van der Waals surface area contributed by atoms with Crippen LogP contribution in [0.15, 0.2) is 46.4 Å². The summed E-state index contributed by atoms with van der Waals surface area (Å²) >= 11 is 0. The summed E-state index contributed by atoms with van der Waals surface area (Å²) in [5.41, 5.74) is 5.34. The van der Waals surface area contributed by atoms with Crippen molar-refractivity contribution in [3.8, 4) is 5.75 Å². The highest BCUT2D eigenvalue weighted by Gasteiger charge is 2.27. The summed E-state index contributed by atoms with van der Waals surface area (Å²) < 4.78 is 10.9. The van der Waals surface area contributed by atoms with Crippen LogP contribution in [0.5, 0.6) is 5.75 Å². The van der Waals surface area contributed by atoms with Crippen molar-refractivity contribution in [2.75, 3.05) is 13.7 Å². The van der Waals surface area contributed by atoms with Crippen LogP contribution in [-0.2, 0) is 6.42 Å². The number of fused-ring (bicyclic) bond motifs is 1. The molecular weight excluding hydrogens is 358 g/mol. The van der Waals surface area contributed by atoms with Crippen molar-refractivity contribution in [2.24, 2.45) is 5.10 Å². The van der Waals surface area contributed by atoms with Gasteiger partial charge in [-0.1, -0.05) is 6.08 Å². The van der Waals surface area contributed by atoms with Crippen molar-refractivity contribution in [2.45, 2.75) is 26.2 Å². The molecule has 0 saturated carbocycles. The predicted octanol–water partition coefficient (Wildman–Crippen LogP) is 2.98. The second kappa shape index (κ2) is 8.56. The van der Waals surface area contributed by atoms with Crippen LogP contribution in [0.1, 0.15) is 50.6 Å². The molecule has 146 valence electrons. The van der Waals surface area contributed by atoms with Crippen LogP contribution in [-0.4, -0.2) is 31.2 Å². The molecule has 1 aromatic heterocycles. The number of carbonyl (C=O) groups excluding carboxylic acids is 2. The number of ether oxygens (including phenoxy) is 1. The van der Waals surface area contributed by atoms with Gasteiger partial charge in [0.05, 0.1) is 12.8 Å². The predicted molar refractivity (Wildman–Crippen MR) is 106 cm³/mol. The van der Waals surface area contributed by atoms with Crippen molar-refractivity contribution in [1.82, 2.24) is 10.7 Å². The molecule has 2 aromatic rings. The first-order chi connectivity index (χ1) is 13.5. The van der Waals surface area contributed by atoms with E-state index in [1.807, 2.05) is 6.92 Å². The fraction of sp³-hybridized carbons (Fsp3) is 0.286. The van der Waals surface area contributed by atoms with Crippen LogP contribution >= 0.6 is 0 Å². The molecule has 1 aromatic carbocycles. The smallest absolute Gasteiger partial charge is 0.287 e. The normalized spacial score (nSPS) is 14.3. The van der Waals surface area contributed by atoms with Gasteiger partial charge in [-0.2, -0.15) is 5.10 Å². The largest absolute Gasteiger partial charge is 0.497 e. The highest BCUT2D eigenvalue weighted by molar-refractivity contribution is 6.07. The Balaban J connectivity index is 1.80. The van der Waals surface area contributed by atoms with E-state index in [2.05, 4.69) is 22.4 Å². The lowest BCUT2D eigenvalue weighted by atomic mass is 9.93. The first-order valence-corrected chi connectivity index (χ1v) is 9.07. The molecular formula is C21H23N3O4. The number of methoxy groups -OCH3 is 1. The molecule has 0 bridgehead atoms. The van der Waals surface area contributed by atoms with Gasteiger partial charge in [-0.25, -0.2) is 5.43 Å². The molecule has 2 N–H and O–H groups in total. The minimum Gasteiger partial charge on any atom is -0.497 e. The molecule has 0 fully saturated rings. The maximum atomic E-state index is 12.4. The van der Waals surface area contributed by atoms with Gasteiger partial charge in [0.15, 0.2) is 5.76 Å².